The maximum absolute atomic E-state index is 12.0. The van der Waals surface area contributed by atoms with Crippen LogP contribution in [-0.4, -0.2) is 28.2 Å². The maximum Gasteiger partial charge on any atom is 0.319 e. The van der Waals surface area contributed by atoms with E-state index in [1.54, 1.807) is 42.1 Å². The van der Waals surface area contributed by atoms with Gasteiger partial charge in [-0.1, -0.05) is 23.8 Å². The predicted octanol–water partition coefficient (Wildman–Crippen LogP) is 1.63. The molecular weight excluding hydrogens is 296 g/mol. The van der Waals surface area contributed by atoms with Gasteiger partial charge in [0.15, 0.2) is 0 Å². The van der Waals surface area contributed by atoms with Gasteiger partial charge in [0.2, 0.25) is 0 Å². The van der Waals surface area contributed by atoms with Crippen molar-refractivity contribution in [3.63, 3.8) is 0 Å². The van der Waals surface area contributed by atoms with Crippen molar-refractivity contribution in [3.8, 4) is 0 Å². The van der Waals surface area contributed by atoms with Crippen LogP contribution in [0.15, 0.2) is 48.8 Å². The number of carbonyl (C=O) groups is 2. The second-order valence-electron chi connectivity index (χ2n) is 5.06. The number of carbonyl (C=O) groups excluding carboxylic acids is 2. The lowest BCUT2D eigenvalue weighted by molar-refractivity contribution is -0.131. The zero-order chi connectivity index (χ0) is 16.7. The molecule has 7 nitrogen and oxygen atoms in total. The van der Waals surface area contributed by atoms with Crippen molar-refractivity contribution in [1.29, 1.82) is 0 Å². The Morgan fingerprint density at radius 2 is 1.96 bits per heavy atom. The van der Waals surface area contributed by atoms with E-state index < -0.39 is 18.0 Å². The normalized spacial score (nSPS) is 11.4. The lowest BCUT2D eigenvalue weighted by atomic mass is 10.1. The van der Waals surface area contributed by atoms with Gasteiger partial charge in [-0.05, 0) is 30.7 Å². The number of aryl methyl sites for hydroxylation is 1. The molecule has 0 aliphatic rings. The van der Waals surface area contributed by atoms with Crippen LogP contribution >= 0.6 is 0 Å². The highest BCUT2D eigenvalue weighted by Gasteiger charge is 2.21. The molecule has 0 aliphatic carbocycles. The van der Waals surface area contributed by atoms with E-state index in [0.29, 0.717) is 5.69 Å². The minimum atomic E-state index is -0.922. The molecule has 0 radical (unpaired) electrons. The first-order valence-electron chi connectivity index (χ1n) is 7.05. The number of amides is 3. The Morgan fingerprint density at radius 1 is 1.22 bits per heavy atom. The fourth-order valence-electron chi connectivity index (χ4n) is 2.00. The number of nitrogens with zero attached hydrogens (tertiary/aromatic N) is 1. The van der Waals surface area contributed by atoms with Crippen LogP contribution in [0.3, 0.4) is 0 Å². The third kappa shape index (κ3) is 5.08. The van der Waals surface area contributed by atoms with Crippen LogP contribution in [0.1, 0.15) is 11.1 Å². The molecule has 0 spiro atoms. The standard InChI is InChI=1S/C16H18N4O3/c1-11-4-6-13(7-5-11)18-16(22)19-14(15(21)20-23)9-12-3-2-8-17-10-12/h2-8,10,14,23H,9H2,1H3,(H,20,21)(H2,18,19,22)/t14-/m1/s1. The summed E-state index contributed by atoms with van der Waals surface area (Å²) in [5, 5.41) is 14.0. The van der Waals surface area contributed by atoms with E-state index >= 15 is 0 Å². The maximum atomic E-state index is 12.0. The summed E-state index contributed by atoms with van der Waals surface area (Å²) >= 11 is 0. The molecule has 0 bridgehead atoms. The summed E-state index contributed by atoms with van der Waals surface area (Å²) in [5.74, 6) is -0.701. The summed E-state index contributed by atoms with van der Waals surface area (Å²) in [7, 11) is 0. The van der Waals surface area contributed by atoms with E-state index in [1.165, 1.54) is 0 Å². The number of pyridine rings is 1. The Kier molecular flexibility index (Phi) is 5.65. The molecular formula is C16H18N4O3. The number of urea groups is 1. The molecule has 0 saturated carbocycles. The van der Waals surface area contributed by atoms with E-state index in [9.17, 15) is 9.59 Å². The van der Waals surface area contributed by atoms with Gasteiger partial charge < -0.3 is 10.6 Å². The van der Waals surface area contributed by atoms with Crippen molar-refractivity contribution in [2.75, 3.05) is 5.32 Å². The third-order valence-corrected chi connectivity index (χ3v) is 3.20. The fraction of sp³-hybridized carbons (Fsp3) is 0.188. The number of hydroxylamine groups is 1. The molecule has 1 atom stereocenters. The van der Waals surface area contributed by atoms with Crippen molar-refractivity contribution < 1.29 is 14.8 Å². The second kappa shape index (κ2) is 7.90. The van der Waals surface area contributed by atoms with Gasteiger partial charge in [-0.15, -0.1) is 0 Å². The number of benzene rings is 1. The SMILES string of the molecule is Cc1ccc(NC(=O)N[C@H](Cc2cccnc2)C(=O)NO)cc1. The number of aromatic nitrogens is 1. The van der Waals surface area contributed by atoms with Crippen LogP contribution in [0, 0.1) is 6.92 Å². The minimum absolute atomic E-state index is 0.210. The quantitative estimate of drug-likeness (QED) is 0.497. The van der Waals surface area contributed by atoms with Crippen molar-refractivity contribution in [2.45, 2.75) is 19.4 Å². The molecule has 0 saturated heterocycles. The van der Waals surface area contributed by atoms with E-state index in [4.69, 9.17) is 5.21 Å². The van der Waals surface area contributed by atoms with Gasteiger partial charge in [-0.2, -0.15) is 0 Å². The average molecular weight is 314 g/mol. The summed E-state index contributed by atoms with van der Waals surface area (Å²) in [6.07, 6.45) is 3.42. The van der Waals surface area contributed by atoms with Crippen LogP contribution in [0.5, 0.6) is 0 Å². The van der Waals surface area contributed by atoms with E-state index in [2.05, 4.69) is 15.6 Å². The third-order valence-electron chi connectivity index (χ3n) is 3.20. The highest BCUT2D eigenvalue weighted by atomic mass is 16.5. The summed E-state index contributed by atoms with van der Waals surface area (Å²) in [5.41, 5.74) is 4.00. The first kappa shape index (κ1) is 16.4. The minimum Gasteiger partial charge on any atom is -0.326 e. The molecule has 2 aromatic rings. The fourth-order valence-corrected chi connectivity index (χ4v) is 2.00. The zero-order valence-electron chi connectivity index (χ0n) is 12.6. The molecule has 1 aromatic heterocycles. The van der Waals surface area contributed by atoms with Crippen molar-refractivity contribution in [1.82, 2.24) is 15.8 Å². The van der Waals surface area contributed by atoms with Crippen molar-refractivity contribution in [3.05, 3.63) is 59.9 Å². The van der Waals surface area contributed by atoms with Crippen molar-refractivity contribution in [2.24, 2.45) is 0 Å². The number of nitrogens with one attached hydrogen (secondary N) is 3. The number of hydrogen-bond acceptors (Lipinski definition) is 4. The largest absolute Gasteiger partial charge is 0.326 e. The van der Waals surface area contributed by atoms with Gasteiger partial charge in [0.25, 0.3) is 5.91 Å². The highest BCUT2D eigenvalue weighted by Crippen LogP contribution is 2.08. The molecule has 23 heavy (non-hydrogen) atoms. The van der Waals surface area contributed by atoms with Gasteiger partial charge in [-0.25, -0.2) is 10.3 Å². The zero-order valence-corrected chi connectivity index (χ0v) is 12.6. The van der Waals surface area contributed by atoms with Gasteiger partial charge in [0.05, 0.1) is 0 Å². The van der Waals surface area contributed by atoms with Crippen molar-refractivity contribution >= 4 is 17.6 Å². The van der Waals surface area contributed by atoms with Gasteiger partial charge in [0.1, 0.15) is 6.04 Å². The van der Waals surface area contributed by atoms with E-state index in [0.717, 1.165) is 11.1 Å². The highest BCUT2D eigenvalue weighted by molar-refractivity contribution is 5.93. The molecule has 0 fully saturated rings. The monoisotopic (exact) mass is 314 g/mol. The smallest absolute Gasteiger partial charge is 0.319 e. The molecule has 1 aromatic carbocycles. The summed E-state index contributed by atoms with van der Waals surface area (Å²) < 4.78 is 0. The Labute approximate surface area is 133 Å². The van der Waals surface area contributed by atoms with Crippen LogP contribution in [0.2, 0.25) is 0 Å². The Bertz CT molecular complexity index is 659. The molecule has 1 heterocycles. The predicted molar refractivity (Wildman–Crippen MR) is 85.0 cm³/mol. The second-order valence-corrected chi connectivity index (χ2v) is 5.06. The summed E-state index contributed by atoms with van der Waals surface area (Å²) in [6, 6.07) is 9.31. The Hall–Kier alpha value is -2.93. The van der Waals surface area contributed by atoms with Gasteiger partial charge in [0, 0.05) is 24.5 Å². The molecule has 2 rings (SSSR count). The molecule has 3 amide bonds. The van der Waals surface area contributed by atoms with Crippen LogP contribution in [0.4, 0.5) is 10.5 Å². The first-order valence-corrected chi connectivity index (χ1v) is 7.05. The molecule has 120 valence electrons. The summed E-state index contributed by atoms with van der Waals surface area (Å²) in [4.78, 5) is 27.7. The van der Waals surface area contributed by atoms with Crippen LogP contribution < -0.4 is 16.1 Å². The number of anilines is 1. The Morgan fingerprint density at radius 3 is 2.57 bits per heavy atom. The average Bonchev–Trinajstić information content (AvgIpc) is 2.56. The molecule has 4 N–H and O–H groups in total. The lowest BCUT2D eigenvalue weighted by Crippen LogP contribution is -2.48. The van der Waals surface area contributed by atoms with Gasteiger partial charge >= 0.3 is 6.03 Å². The van der Waals surface area contributed by atoms with E-state index in [-0.39, 0.29) is 6.42 Å². The van der Waals surface area contributed by atoms with E-state index in [1.807, 2.05) is 19.1 Å². The number of hydrogen-bond donors (Lipinski definition) is 4. The van der Waals surface area contributed by atoms with Crippen LogP contribution in [0.25, 0.3) is 0 Å². The Balaban J connectivity index is 2.00. The molecule has 7 heteroatoms. The van der Waals surface area contributed by atoms with Crippen LogP contribution in [-0.2, 0) is 11.2 Å². The topological polar surface area (TPSA) is 103 Å². The molecule has 0 aliphatic heterocycles. The molecule has 0 unspecified atom stereocenters. The lowest BCUT2D eigenvalue weighted by Gasteiger charge is -2.17. The van der Waals surface area contributed by atoms with Gasteiger partial charge in [-0.3, -0.25) is 15.0 Å². The first-order chi connectivity index (χ1) is 11.1. The number of rotatable bonds is 5. The summed E-state index contributed by atoms with van der Waals surface area (Å²) in [6.45, 7) is 1.94.